The average molecular weight is 475 g/mol. The van der Waals surface area contributed by atoms with Crippen molar-refractivity contribution in [2.24, 2.45) is 0 Å². The fourth-order valence-corrected chi connectivity index (χ4v) is 2.81. The standard InChI is InChI=1S/C19H23BrN8O2/c1-12-10-23-18(27-16(12)21-6-8-29)25-13-2-4-14(5-3-13)26-19-24-11-15(20)17(28-19)22-7-9-30/h2-5,10-11,29-30H,6-9H2,1H3,(H2,21,23,25,27)(H2,22,24,26,28). The van der Waals surface area contributed by atoms with Crippen LogP contribution >= 0.6 is 15.9 Å². The molecule has 3 aromatic rings. The maximum absolute atomic E-state index is 8.97. The lowest BCUT2D eigenvalue weighted by atomic mass is 10.3. The Morgan fingerprint density at radius 2 is 1.30 bits per heavy atom. The summed E-state index contributed by atoms with van der Waals surface area (Å²) in [6, 6.07) is 7.54. The molecular formula is C19H23BrN8O2. The zero-order chi connectivity index (χ0) is 21.3. The fraction of sp³-hybridized carbons (Fsp3) is 0.263. The molecule has 0 saturated carbocycles. The lowest BCUT2D eigenvalue weighted by Gasteiger charge is -2.11. The van der Waals surface area contributed by atoms with E-state index in [1.807, 2.05) is 31.2 Å². The Balaban J connectivity index is 1.66. The van der Waals surface area contributed by atoms with Gasteiger partial charge in [0, 0.05) is 42.4 Å². The fourth-order valence-electron chi connectivity index (χ4n) is 2.48. The average Bonchev–Trinajstić information content (AvgIpc) is 2.76. The summed E-state index contributed by atoms with van der Waals surface area (Å²) in [4.78, 5) is 17.3. The van der Waals surface area contributed by atoms with Crippen molar-refractivity contribution >= 4 is 50.8 Å². The molecule has 0 atom stereocenters. The van der Waals surface area contributed by atoms with Gasteiger partial charge in [-0.3, -0.25) is 0 Å². The van der Waals surface area contributed by atoms with Gasteiger partial charge in [-0.25, -0.2) is 9.97 Å². The van der Waals surface area contributed by atoms with E-state index in [0.29, 0.717) is 41.1 Å². The van der Waals surface area contributed by atoms with Crippen molar-refractivity contribution in [1.82, 2.24) is 19.9 Å². The number of aryl methyl sites for hydroxylation is 1. The van der Waals surface area contributed by atoms with Crippen molar-refractivity contribution in [3.63, 3.8) is 0 Å². The van der Waals surface area contributed by atoms with Gasteiger partial charge >= 0.3 is 0 Å². The highest BCUT2D eigenvalue weighted by molar-refractivity contribution is 9.10. The molecule has 6 N–H and O–H groups in total. The van der Waals surface area contributed by atoms with Crippen LogP contribution in [0.1, 0.15) is 5.56 Å². The van der Waals surface area contributed by atoms with E-state index in [2.05, 4.69) is 57.1 Å². The van der Waals surface area contributed by atoms with Crippen molar-refractivity contribution in [2.75, 3.05) is 47.6 Å². The Hall–Kier alpha value is -3.02. The topological polar surface area (TPSA) is 140 Å². The van der Waals surface area contributed by atoms with Crippen LogP contribution in [0.15, 0.2) is 41.1 Å². The molecule has 1 aromatic carbocycles. The first-order chi connectivity index (χ1) is 14.6. The van der Waals surface area contributed by atoms with E-state index in [4.69, 9.17) is 10.2 Å². The van der Waals surface area contributed by atoms with E-state index in [9.17, 15) is 0 Å². The molecule has 0 aliphatic rings. The minimum atomic E-state index is 0.0113. The number of aromatic nitrogens is 4. The highest BCUT2D eigenvalue weighted by atomic mass is 79.9. The first-order valence-corrected chi connectivity index (χ1v) is 10.1. The first kappa shape index (κ1) is 21.7. The second kappa shape index (κ2) is 10.7. The number of aliphatic hydroxyl groups is 2. The lowest BCUT2D eigenvalue weighted by molar-refractivity contribution is 0.310. The second-order valence-corrected chi connectivity index (χ2v) is 7.10. The van der Waals surface area contributed by atoms with Crippen molar-refractivity contribution in [1.29, 1.82) is 0 Å². The van der Waals surface area contributed by atoms with E-state index >= 15 is 0 Å². The van der Waals surface area contributed by atoms with Gasteiger partial charge in [0.2, 0.25) is 11.9 Å². The minimum absolute atomic E-state index is 0.0113. The Morgan fingerprint density at radius 3 is 1.87 bits per heavy atom. The van der Waals surface area contributed by atoms with Crippen LogP contribution < -0.4 is 21.3 Å². The number of benzene rings is 1. The monoisotopic (exact) mass is 474 g/mol. The molecule has 0 spiro atoms. The lowest BCUT2D eigenvalue weighted by Crippen LogP contribution is -2.10. The molecule has 0 saturated heterocycles. The van der Waals surface area contributed by atoms with Gasteiger partial charge in [-0.2, -0.15) is 9.97 Å². The third-order valence-electron chi connectivity index (χ3n) is 3.92. The van der Waals surface area contributed by atoms with E-state index in [1.54, 1.807) is 12.4 Å². The molecule has 158 valence electrons. The first-order valence-electron chi connectivity index (χ1n) is 9.29. The van der Waals surface area contributed by atoms with Gasteiger partial charge in [-0.05, 0) is 47.1 Å². The molecule has 0 unspecified atom stereocenters. The molecule has 2 aromatic heterocycles. The van der Waals surface area contributed by atoms with Crippen molar-refractivity contribution < 1.29 is 10.2 Å². The third-order valence-corrected chi connectivity index (χ3v) is 4.50. The van der Waals surface area contributed by atoms with Crippen LogP contribution in [0.5, 0.6) is 0 Å². The summed E-state index contributed by atoms with van der Waals surface area (Å²) in [7, 11) is 0. The van der Waals surface area contributed by atoms with Gasteiger partial charge in [0.25, 0.3) is 0 Å². The Labute approximate surface area is 182 Å². The summed E-state index contributed by atoms with van der Waals surface area (Å²) in [5.41, 5.74) is 2.53. The maximum atomic E-state index is 8.97. The zero-order valence-electron chi connectivity index (χ0n) is 16.4. The summed E-state index contributed by atoms with van der Waals surface area (Å²) in [5.74, 6) is 2.17. The maximum Gasteiger partial charge on any atom is 0.229 e. The molecule has 11 heteroatoms. The van der Waals surface area contributed by atoms with Crippen LogP contribution in [0, 0.1) is 6.92 Å². The number of nitrogens with zero attached hydrogens (tertiary/aromatic N) is 4. The normalized spacial score (nSPS) is 10.5. The van der Waals surface area contributed by atoms with Gasteiger partial charge in [0.05, 0.1) is 17.7 Å². The quantitative estimate of drug-likeness (QED) is 0.259. The van der Waals surface area contributed by atoms with Gasteiger partial charge in [-0.15, -0.1) is 0 Å². The Kier molecular flexibility index (Phi) is 7.71. The van der Waals surface area contributed by atoms with Crippen LogP contribution in [0.25, 0.3) is 0 Å². The number of nitrogens with one attached hydrogen (secondary N) is 4. The van der Waals surface area contributed by atoms with Gasteiger partial charge in [0.1, 0.15) is 11.6 Å². The van der Waals surface area contributed by atoms with E-state index in [-0.39, 0.29) is 13.2 Å². The molecule has 30 heavy (non-hydrogen) atoms. The number of hydrogen-bond acceptors (Lipinski definition) is 10. The SMILES string of the molecule is Cc1cnc(Nc2ccc(Nc3ncc(Br)c(NCCO)n3)cc2)nc1NCCO. The highest BCUT2D eigenvalue weighted by Crippen LogP contribution is 2.23. The molecule has 0 radical (unpaired) electrons. The van der Waals surface area contributed by atoms with E-state index in [0.717, 1.165) is 16.9 Å². The highest BCUT2D eigenvalue weighted by Gasteiger charge is 2.07. The largest absolute Gasteiger partial charge is 0.395 e. The Morgan fingerprint density at radius 1 is 0.800 bits per heavy atom. The predicted octanol–water partition coefficient (Wildman–Crippen LogP) is 2.63. The molecule has 2 heterocycles. The van der Waals surface area contributed by atoms with Crippen molar-refractivity contribution in [3.8, 4) is 0 Å². The number of rotatable bonds is 10. The second-order valence-electron chi connectivity index (χ2n) is 6.24. The minimum Gasteiger partial charge on any atom is -0.395 e. The molecule has 0 aliphatic carbocycles. The molecule has 0 aliphatic heterocycles. The van der Waals surface area contributed by atoms with Crippen LogP contribution in [-0.4, -0.2) is 56.5 Å². The van der Waals surface area contributed by atoms with Crippen LogP contribution in [0.4, 0.5) is 34.9 Å². The van der Waals surface area contributed by atoms with E-state index < -0.39 is 0 Å². The molecule has 0 amide bonds. The molecular weight excluding hydrogens is 452 g/mol. The summed E-state index contributed by atoms with van der Waals surface area (Å²) in [6.07, 6.45) is 3.36. The summed E-state index contributed by atoms with van der Waals surface area (Å²) in [6.45, 7) is 2.76. The zero-order valence-corrected chi connectivity index (χ0v) is 17.9. The predicted molar refractivity (Wildman–Crippen MR) is 121 cm³/mol. The summed E-state index contributed by atoms with van der Waals surface area (Å²) in [5, 5.41) is 30.3. The number of aliphatic hydroxyl groups excluding tert-OH is 2. The molecule has 0 bridgehead atoms. The number of halogens is 1. The van der Waals surface area contributed by atoms with Crippen LogP contribution in [0.2, 0.25) is 0 Å². The number of anilines is 6. The third kappa shape index (κ3) is 5.99. The van der Waals surface area contributed by atoms with Crippen LogP contribution in [0.3, 0.4) is 0 Å². The van der Waals surface area contributed by atoms with Crippen molar-refractivity contribution in [3.05, 3.63) is 46.7 Å². The smallest absolute Gasteiger partial charge is 0.229 e. The summed E-state index contributed by atoms with van der Waals surface area (Å²) >= 11 is 3.38. The van der Waals surface area contributed by atoms with E-state index in [1.165, 1.54) is 0 Å². The van der Waals surface area contributed by atoms with Gasteiger partial charge < -0.3 is 31.5 Å². The molecule has 0 fully saturated rings. The van der Waals surface area contributed by atoms with Crippen LogP contribution in [-0.2, 0) is 0 Å². The summed E-state index contributed by atoms with van der Waals surface area (Å²) < 4.78 is 0.715. The molecule has 10 nitrogen and oxygen atoms in total. The van der Waals surface area contributed by atoms with Gasteiger partial charge in [-0.1, -0.05) is 0 Å². The molecule has 3 rings (SSSR count). The Bertz CT molecular complexity index is 893. The number of hydrogen-bond donors (Lipinski definition) is 6. The van der Waals surface area contributed by atoms with Gasteiger partial charge in [0.15, 0.2) is 0 Å². The van der Waals surface area contributed by atoms with Crippen molar-refractivity contribution in [2.45, 2.75) is 6.92 Å².